The van der Waals surface area contributed by atoms with Crippen molar-refractivity contribution in [3.05, 3.63) is 51.6 Å². The number of carbonyl (C=O) groups is 2. The van der Waals surface area contributed by atoms with E-state index in [9.17, 15) is 19.7 Å². The van der Waals surface area contributed by atoms with E-state index in [1.807, 2.05) is 19.9 Å². The summed E-state index contributed by atoms with van der Waals surface area (Å²) in [6.07, 6.45) is 1.41. The second-order valence-electron chi connectivity index (χ2n) is 6.71. The number of benzene rings is 1. The van der Waals surface area contributed by atoms with Gasteiger partial charge in [0.15, 0.2) is 0 Å². The van der Waals surface area contributed by atoms with Gasteiger partial charge < -0.3 is 4.74 Å². The Hall–Kier alpha value is -2.90. The van der Waals surface area contributed by atoms with Crippen molar-refractivity contribution in [3.63, 3.8) is 0 Å². The maximum absolute atomic E-state index is 12.5. The van der Waals surface area contributed by atoms with E-state index >= 15 is 0 Å². The van der Waals surface area contributed by atoms with E-state index in [0.29, 0.717) is 5.56 Å². The highest BCUT2D eigenvalue weighted by Crippen LogP contribution is 2.51. The van der Waals surface area contributed by atoms with Gasteiger partial charge in [-0.3, -0.25) is 14.9 Å². The number of fused-ring (bicyclic) bond motifs is 3. The van der Waals surface area contributed by atoms with Crippen molar-refractivity contribution in [2.75, 3.05) is 0 Å². The number of hydrogen-bond donors (Lipinski definition) is 0. The van der Waals surface area contributed by atoms with Crippen molar-refractivity contribution in [3.8, 4) is 0 Å². The Balaban J connectivity index is 1.44. The standard InChI is InChI=1S/C17H17N3O5/c1-9-7-13-14(9)15-10(2)16(21)19(15)18(13)17(22)25-8-11-3-5-12(6-4-11)20(23)24/h3-7,10,13-15H,8H2,1-2H3/t10-,13-,14-,15-/m1/s1. The monoisotopic (exact) mass is 343 g/mol. The Morgan fingerprint density at radius 1 is 1.32 bits per heavy atom. The highest BCUT2D eigenvalue weighted by Gasteiger charge is 2.64. The number of nitro groups is 1. The van der Waals surface area contributed by atoms with Gasteiger partial charge in [0, 0.05) is 18.1 Å². The van der Waals surface area contributed by atoms with Crippen LogP contribution in [-0.4, -0.2) is 39.0 Å². The molecule has 2 aliphatic heterocycles. The molecule has 2 saturated heterocycles. The number of carbonyl (C=O) groups excluding carboxylic acids is 2. The summed E-state index contributed by atoms with van der Waals surface area (Å²) in [5.41, 5.74) is 1.83. The van der Waals surface area contributed by atoms with Gasteiger partial charge in [-0.2, -0.15) is 0 Å². The van der Waals surface area contributed by atoms with Crippen LogP contribution in [0.25, 0.3) is 0 Å². The number of β-lactam (4-membered cyclic amide) rings is 1. The molecule has 0 radical (unpaired) electrons. The van der Waals surface area contributed by atoms with E-state index in [1.165, 1.54) is 27.7 Å². The summed E-state index contributed by atoms with van der Waals surface area (Å²) >= 11 is 0. The van der Waals surface area contributed by atoms with Gasteiger partial charge in [0.05, 0.1) is 22.9 Å². The third-order valence-corrected chi connectivity index (χ3v) is 5.32. The number of amides is 2. The van der Waals surface area contributed by atoms with Crippen molar-refractivity contribution in [2.45, 2.75) is 32.5 Å². The van der Waals surface area contributed by atoms with Crippen LogP contribution in [0.4, 0.5) is 10.5 Å². The molecule has 8 heteroatoms. The highest BCUT2D eigenvalue weighted by molar-refractivity contribution is 5.89. The fourth-order valence-electron chi connectivity index (χ4n) is 3.95. The normalized spacial score (nSPS) is 29.2. The number of ether oxygens (including phenoxy) is 1. The first-order valence-corrected chi connectivity index (χ1v) is 8.11. The van der Waals surface area contributed by atoms with E-state index in [1.54, 1.807) is 12.1 Å². The molecule has 8 nitrogen and oxygen atoms in total. The molecule has 3 aliphatic rings. The Kier molecular flexibility index (Phi) is 3.31. The highest BCUT2D eigenvalue weighted by atomic mass is 16.6. The van der Waals surface area contributed by atoms with E-state index in [4.69, 9.17) is 4.74 Å². The van der Waals surface area contributed by atoms with Gasteiger partial charge in [-0.15, -0.1) is 0 Å². The zero-order valence-electron chi connectivity index (χ0n) is 13.8. The fourth-order valence-corrected chi connectivity index (χ4v) is 3.95. The van der Waals surface area contributed by atoms with Crippen molar-refractivity contribution < 1.29 is 19.2 Å². The lowest BCUT2D eigenvalue weighted by Crippen LogP contribution is -2.63. The van der Waals surface area contributed by atoms with Crippen molar-refractivity contribution in [2.24, 2.45) is 11.8 Å². The van der Waals surface area contributed by atoms with Crippen molar-refractivity contribution in [1.82, 2.24) is 10.0 Å². The lowest BCUT2D eigenvalue weighted by molar-refractivity contribution is -0.384. The predicted octanol–water partition coefficient (Wildman–Crippen LogP) is 2.25. The molecule has 0 bridgehead atoms. The molecule has 0 spiro atoms. The molecule has 2 fully saturated rings. The maximum Gasteiger partial charge on any atom is 0.429 e. The summed E-state index contributed by atoms with van der Waals surface area (Å²) < 4.78 is 5.33. The molecule has 0 unspecified atom stereocenters. The summed E-state index contributed by atoms with van der Waals surface area (Å²) in [7, 11) is 0. The molecule has 130 valence electrons. The van der Waals surface area contributed by atoms with E-state index in [0.717, 1.165) is 0 Å². The zero-order valence-corrected chi connectivity index (χ0v) is 13.8. The molecular formula is C17H17N3O5. The first-order valence-electron chi connectivity index (χ1n) is 8.11. The first-order chi connectivity index (χ1) is 11.9. The van der Waals surface area contributed by atoms with Gasteiger partial charge in [-0.05, 0) is 24.6 Å². The lowest BCUT2D eigenvalue weighted by Gasteiger charge is -2.44. The van der Waals surface area contributed by atoms with Crippen LogP contribution in [0.2, 0.25) is 0 Å². The summed E-state index contributed by atoms with van der Waals surface area (Å²) in [5.74, 6) is 0.0520. The molecule has 0 aromatic heterocycles. The molecule has 4 atom stereocenters. The number of non-ortho nitro benzene ring substituents is 1. The second kappa shape index (κ2) is 5.30. The number of nitrogens with zero attached hydrogens (tertiary/aromatic N) is 3. The third-order valence-electron chi connectivity index (χ3n) is 5.32. The minimum absolute atomic E-state index is 0.00430. The number of rotatable bonds is 3. The third kappa shape index (κ3) is 2.13. The average Bonchev–Trinajstić information content (AvgIpc) is 2.86. The second-order valence-corrected chi connectivity index (χ2v) is 6.71. The lowest BCUT2D eigenvalue weighted by atomic mass is 9.71. The summed E-state index contributed by atoms with van der Waals surface area (Å²) in [4.78, 5) is 34.8. The van der Waals surface area contributed by atoms with E-state index in [2.05, 4.69) is 0 Å². The zero-order chi connectivity index (χ0) is 17.9. The largest absolute Gasteiger partial charge is 0.443 e. The Morgan fingerprint density at radius 2 is 2.00 bits per heavy atom. The predicted molar refractivity (Wildman–Crippen MR) is 86.0 cm³/mol. The van der Waals surface area contributed by atoms with Gasteiger partial charge in [-0.1, -0.05) is 18.6 Å². The quantitative estimate of drug-likeness (QED) is 0.363. The van der Waals surface area contributed by atoms with Crippen molar-refractivity contribution >= 4 is 17.7 Å². The summed E-state index contributed by atoms with van der Waals surface area (Å²) in [6.45, 7) is 3.90. The summed E-state index contributed by atoms with van der Waals surface area (Å²) in [5, 5.41) is 13.6. The van der Waals surface area contributed by atoms with Crippen LogP contribution < -0.4 is 0 Å². The molecular weight excluding hydrogens is 326 g/mol. The molecule has 0 N–H and O–H groups in total. The molecule has 2 amide bonds. The van der Waals surface area contributed by atoms with Gasteiger partial charge >= 0.3 is 6.09 Å². The van der Waals surface area contributed by atoms with Crippen LogP contribution in [0.1, 0.15) is 19.4 Å². The molecule has 1 aromatic rings. The molecule has 4 rings (SSSR count). The molecule has 0 saturated carbocycles. The average molecular weight is 343 g/mol. The molecule has 25 heavy (non-hydrogen) atoms. The number of hydrazine groups is 1. The topological polar surface area (TPSA) is 93.0 Å². The minimum Gasteiger partial charge on any atom is -0.443 e. The SMILES string of the molecule is CC1=C[C@@H]2[C@@H]1[C@H]1[C@@H](C)C(=O)N1N2C(=O)OCc1ccc([N+](=O)[O-])cc1. The Bertz CT molecular complexity index is 803. The van der Waals surface area contributed by atoms with Crippen LogP contribution in [0.15, 0.2) is 35.9 Å². The maximum atomic E-state index is 12.5. The van der Waals surface area contributed by atoms with Gasteiger partial charge in [-0.25, -0.2) is 14.8 Å². The number of hydrogen-bond acceptors (Lipinski definition) is 5. The smallest absolute Gasteiger partial charge is 0.429 e. The van der Waals surface area contributed by atoms with Crippen LogP contribution in [0.5, 0.6) is 0 Å². The molecule has 1 aliphatic carbocycles. The molecule has 2 heterocycles. The van der Waals surface area contributed by atoms with E-state index in [-0.39, 0.29) is 42.1 Å². The fraction of sp³-hybridized carbons (Fsp3) is 0.412. The Labute approximate surface area is 143 Å². The van der Waals surface area contributed by atoms with Gasteiger partial charge in [0.25, 0.3) is 5.69 Å². The van der Waals surface area contributed by atoms with Crippen LogP contribution in [-0.2, 0) is 16.1 Å². The minimum atomic E-state index is -0.570. The van der Waals surface area contributed by atoms with Crippen LogP contribution in [0.3, 0.4) is 0 Å². The Morgan fingerprint density at radius 3 is 2.60 bits per heavy atom. The summed E-state index contributed by atoms with van der Waals surface area (Å²) in [6, 6.07) is 5.74. The van der Waals surface area contributed by atoms with Crippen LogP contribution in [0, 0.1) is 22.0 Å². The van der Waals surface area contributed by atoms with Gasteiger partial charge in [0.2, 0.25) is 5.91 Å². The number of nitro benzene ring substituents is 1. The van der Waals surface area contributed by atoms with Gasteiger partial charge in [0.1, 0.15) is 6.61 Å². The van der Waals surface area contributed by atoms with Crippen molar-refractivity contribution in [1.29, 1.82) is 0 Å². The molecule has 1 aromatic carbocycles. The van der Waals surface area contributed by atoms with E-state index < -0.39 is 11.0 Å². The van der Waals surface area contributed by atoms with Crippen LogP contribution >= 0.6 is 0 Å². The first kappa shape index (κ1) is 15.6.